The van der Waals surface area contributed by atoms with Crippen LogP contribution in [0.1, 0.15) is 62.7 Å². The van der Waals surface area contributed by atoms with Crippen LogP contribution in [0.4, 0.5) is 0 Å². The number of carbonyl (C=O) groups excluding carboxylic acids is 2. The maximum atomic E-state index is 12.7. The highest BCUT2D eigenvalue weighted by Gasteiger charge is 2.41. The monoisotopic (exact) mass is 374 g/mol. The zero-order chi connectivity index (χ0) is 19.4. The van der Waals surface area contributed by atoms with Gasteiger partial charge in [0.25, 0.3) is 5.91 Å². The Balaban J connectivity index is 1.69. The molecule has 7 heteroatoms. The first-order valence-corrected chi connectivity index (χ1v) is 9.99. The number of rotatable bonds is 5. The molecule has 148 valence electrons. The molecule has 1 saturated carbocycles. The molecule has 3 N–H and O–H groups in total. The minimum Gasteiger partial charge on any atom is -0.353 e. The smallest absolute Gasteiger partial charge is 0.253 e. The molecule has 2 fully saturated rings. The van der Waals surface area contributed by atoms with Gasteiger partial charge in [-0.1, -0.05) is 19.3 Å². The Morgan fingerprint density at radius 2 is 1.93 bits per heavy atom. The number of carbonyl (C=O) groups is 2. The third-order valence-electron chi connectivity index (χ3n) is 5.50. The molecule has 27 heavy (non-hydrogen) atoms. The van der Waals surface area contributed by atoms with E-state index in [-0.39, 0.29) is 35.5 Å². The van der Waals surface area contributed by atoms with Crippen molar-refractivity contribution in [1.29, 1.82) is 0 Å². The molecule has 1 aliphatic carbocycles. The molecule has 2 atom stereocenters. The van der Waals surface area contributed by atoms with Crippen molar-refractivity contribution in [2.45, 2.75) is 76.5 Å². The molecule has 2 amide bonds. The van der Waals surface area contributed by atoms with Gasteiger partial charge in [-0.05, 0) is 39.2 Å². The summed E-state index contributed by atoms with van der Waals surface area (Å²) in [5.74, 6) is -0.166. The second-order valence-electron chi connectivity index (χ2n) is 8.02. The molecule has 0 radical (unpaired) electrons. The molecule has 1 aromatic rings. The summed E-state index contributed by atoms with van der Waals surface area (Å²) in [6, 6.07) is 3.10. The second kappa shape index (κ2) is 8.69. The van der Waals surface area contributed by atoms with Crippen molar-refractivity contribution in [3.05, 3.63) is 34.2 Å². The average Bonchev–Trinajstić information content (AvgIpc) is 3.06. The standard InChI is InChI=1S/C20H30N4O3/c1-13(2)22-20(27)17-10-15(12-24(17)16-6-4-3-5-7-16)23-19(26)14-8-9-18(25)21-11-14/h8-9,11,13,15-17H,3-7,10,12H2,1-2H3,(H,21,25)(H,22,27)(H,23,26)/t15-,17+/m1/s1. The summed E-state index contributed by atoms with van der Waals surface area (Å²) in [7, 11) is 0. The van der Waals surface area contributed by atoms with Gasteiger partial charge in [-0.25, -0.2) is 0 Å². The van der Waals surface area contributed by atoms with Crippen LogP contribution in [0.15, 0.2) is 23.1 Å². The predicted molar refractivity (Wildman–Crippen MR) is 104 cm³/mol. The molecule has 1 aromatic heterocycles. The van der Waals surface area contributed by atoms with Crippen LogP contribution in [0.25, 0.3) is 0 Å². The maximum absolute atomic E-state index is 12.7. The predicted octanol–water partition coefficient (Wildman–Crippen LogP) is 1.40. The van der Waals surface area contributed by atoms with E-state index in [1.807, 2.05) is 13.8 Å². The lowest BCUT2D eigenvalue weighted by Gasteiger charge is -2.35. The van der Waals surface area contributed by atoms with E-state index < -0.39 is 0 Å². The minimum atomic E-state index is -0.235. The molecule has 1 aliphatic heterocycles. The second-order valence-corrected chi connectivity index (χ2v) is 8.02. The zero-order valence-corrected chi connectivity index (χ0v) is 16.2. The van der Waals surface area contributed by atoms with Crippen LogP contribution in [0.5, 0.6) is 0 Å². The van der Waals surface area contributed by atoms with Crippen molar-refractivity contribution in [3.63, 3.8) is 0 Å². The van der Waals surface area contributed by atoms with E-state index in [0.717, 1.165) is 12.8 Å². The van der Waals surface area contributed by atoms with Crippen molar-refractivity contribution < 1.29 is 9.59 Å². The third-order valence-corrected chi connectivity index (χ3v) is 5.50. The number of hydrogen-bond acceptors (Lipinski definition) is 4. The number of hydrogen-bond donors (Lipinski definition) is 3. The highest BCUT2D eigenvalue weighted by atomic mass is 16.2. The van der Waals surface area contributed by atoms with Crippen LogP contribution in [0.3, 0.4) is 0 Å². The van der Waals surface area contributed by atoms with E-state index in [4.69, 9.17) is 0 Å². The summed E-state index contributed by atoms with van der Waals surface area (Å²) in [5.41, 5.74) is 0.190. The fourth-order valence-electron chi connectivity index (χ4n) is 4.24. The Morgan fingerprint density at radius 1 is 1.19 bits per heavy atom. The van der Waals surface area contributed by atoms with E-state index in [9.17, 15) is 14.4 Å². The van der Waals surface area contributed by atoms with Crippen molar-refractivity contribution >= 4 is 11.8 Å². The Labute approximate surface area is 159 Å². The first-order chi connectivity index (χ1) is 12.9. The molecule has 2 aliphatic rings. The summed E-state index contributed by atoms with van der Waals surface area (Å²) in [5, 5.41) is 6.07. The largest absolute Gasteiger partial charge is 0.353 e. The van der Waals surface area contributed by atoms with Crippen molar-refractivity contribution in [1.82, 2.24) is 20.5 Å². The molecule has 0 bridgehead atoms. The van der Waals surface area contributed by atoms with Gasteiger partial charge in [0.15, 0.2) is 0 Å². The molecule has 2 heterocycles. The molecule has 7 nitrogen and oxygen atoms in total. The van der Waals surface area contributed by atoms with Gasteiger partial charge < -0.3 is 15.6 Å². The average molecular weight is 374 g/mol. The molecular formula is C20H30N4O3. The van der Waals surface area contributed by atoms with Gasteiger partial charge in [-0.2, -0.15) is 0 Å². The van der Waals surface area contributed by atoms with Crippen LogP contribution < -0.4 is 16.2 Å². The van der Waals surface area contributed by atoms with Gasteiger partial charge >= 0.3 is 0 Å². The van der Waals surface area contributed by atoms with E-state index >= 15 is 0 Å². The topological polar surface area (TPSA) is 94.3 Å². The summed E-state index contributed by atoms with van der Waals surface area (Å²) < 4.78 is 0. The molecule has 1 saturated heterocycles. The van der Waals surface area contributed by atoms with Crippen LogP contribution in [-0.2, 0) is 4.79 Å². The van der Waals surface area contributed by atoms with Gasteiger partial charge in [0.1, 0.15) is 0 Å². The Hall–Kier alpha value is -2.15. The van der Waals surface area contributed by atoms with Gasteiger partial charge in [0, 0.05) is 36.9 Å². The fourth-order valence-corrected chi connectivity index (χ4v) is 4.24. The van der Waals surface area contributed by atoms with Crippen molar-refractivity contribution in [2.75, 3.05) is 6.54 Å². The van der Waals surface area contributed by atoms with Crippen molar-refractivity contribution in [3.8, 4) is 0 Å². The van der Waals surface area contributed by atoms with Crippen LogP contribution in [0.2, 0.25) is 0 Å². The molecule has 0 unspecified atom stereocenters. The summed E-state index contributed by atoms with van der Waals surface area (Å²) in [4.78, 5) is 41.2. The molecule has 3 rings (SSSR count). The number of aromatic nitrogens is 1. The zero-order valence-electron chi connectivity index (χ0n) is 16.2. The first-order valence-electron chi connectivity index (χ1n) is 9.99. The Morgan fingerprint density at radius 3 is 2.56 bits per heavy atom. The van der Waals surface area contributed by atoms with Gasteiger partial charge in [-0.3, -0.25) is 19.3 Å². The molecular weight excluding hydrogens is 344 g/mol. The summed E-state index contributed by atoms with van der Waals surface area (Å²) in [6.07, 6.45) is 7.94. The van der Waals surface area contributed by atoms with Crippen LogP contribution >= 0.6 is 0 Å². The fraction of sp³-hybridized carbons (Fsp3) is 0.650. The van der Waals surface area contributed by atoms with E-state index in [0.29, 0.717) is 24.6 Å². The number of nitrogens with one attached hydrogen (secondary N) is 3. The Bertz CT molecular complexity index is 704. The lowest BCUT2D eigenvalue weighted by molar-refractivity contribution is -0.127. The third kappa shape index (κ3) is 4.97. The van der Waals surface area contributed by atoms with Crippen molar-refractivity contribution in [2.24, 2.45) is 0 Å². The summed E-state index contributed by atoms with van der Waals surface area (Å²) in [6.45, 7) is 4.62. The molecule has 0 spiro atoms. The van der Waals surface area contributed by atoms with Gasteiger partial charge in [0.05, 0.1) is 11.6 Å². The van der Waals surface area contributed by atoms with E-state index in [2.05, 4.69) is 20.5 Å². The van der Waals surface area contributed by atoms with Gasteiger partial charge in [0.2, 0.25) is 11.5 Å². The number of pyridine rings is 1. The van der Waals surface area contributed by atoms with E-state index in [1.165, 1.54) is 37.6 Å². The van der Waals surface area contributed by atoms with Crippen LogP contribution in [0, 0.1) is 0 Å². The van der Waals surface area contributed by atoms with Gasteiger partial charge in [-0.15, -0.1) is 0 Å². The number of amides is 2. The number of aromatic amines is 1. The highest BCUT2D eigenvalue weighted by Crippen LogP contribution is 2.29. The summed E-state index contributed by atoms with van der Waals surface area (Å²) >= 11 is 0. The lowest BCUT2D eigenvalue weighted by Crippen LogP contribution is -2.49. The Kier molecular flexibility index (Phi) is 6.31. The maximum Gasteiger partial charge on any atom is 0.253 e. The minimum absolute atomic E-state index is 0.0522. The first kappa shape index (κ1) is 19.6. The normalized spacial score (nSPS) is 24.1. The number of H-pyrrole nitrogens is 1. The van der Waals surface area contributed by atoms with Crippen LogP contribution in [-0.4, -0.2) is 52.4 Å². The lowest BCUT2D eigenvalue weighted by atomic mass is 9.93. The van der Waals surface area contributed by atoms with E-state index in [1.54, 1.807) is 0 Å². The quantitative estimate of drug-likeness (QED) is 0.726. The SMILES string of the molecule is CC(C)NC(=O)[C@@H]1C[C@@H](NC(=O)c2ccc(=O)[nH]c2)CN1C1CCCCC1. The number of nitrogens with zero attached hydrogens (tertiary/aromatic N) is 1. The number of likely N-dealkylation sites (tertiary alicyclic amines) is 1. The molecule has 0 aromatic carbocycles. The highest BCUT2D eigenvalue weighted by molar-refractivity contribution is 5.94.